The van der Waals surface area contributed by atoms with Gasteiger partial charge >= 0.3 is 0 Å². The molecule has 0 aliphatic carbocycles. The zero-order valence-electron chi connectivity index (χ0n) is 12.5. The maximum Gasteiger partial charge on any atom is 0.255 e. The predicted octanol–water partition coefficient (Wildman–Crippen LogP) is 3.61. The average Bonchev–Trinajstić information content (AvgIpc) is 2.42. The second-order valence-corrected chi connectivity index (χ2v) is 7.59. The number of hydrogen-bond acceptors (Lipinski definition) is 3. The van der Waals surface area contributed by atoms with E-state index in [9.17, 15) is 13.2 Å². The molecule has 2 rings (SSSR count). The van der Waals surface area contributed by atoms with Crippen molar-refractivity contribution >= 4 is 33.0 Å². The molecular formula is C16H16ClNO3S. The summed E-state index contributed by atoms with van der Waals surface area (Å²) >= 11 is 6.03. The summed E-state index contributed by atoms with van der Waals surface area (Å²) in [4.78, 5) is 12.5. The number of amides is 1. The van der Waals surface area contributed by atoms with Crippen LogP contribution in [-0.4, -0.2) is 20.6 Å². The zero-order valence-corrected chi connectivity index (χ0v) is 14.0. The molecule has 0 aromatic heterocycles. The molecule has 0 saturated heterocycles. The van der Waals surface area contributed by atoms with Crippen molar-refractivity contribution in [3.8, 4) is 0 Å². The van der Waals surface area contributed by atoms with Crippen LogP contribution in [-0.2, 0) is 9.84 Å². The molecule has 0 aliphatic rings. The van der Waals surface area contributed by atoms with E-state index in [1.807, 2.05) is 6.92 Å². The molecular weight excluding hydrogens is 322 g/mol. The number of benzene rings is 2. The number of halogens is 1. The zero-order chi connectivity index (χ0) is 16.5. The van der Waals surface area contributed by atoms with Gasteiger partial charge in [0, 0.05) is 22.5 Å². The van der Waals surface area contributed by atoms with Gasteiger partial charge in [0.25, 0.3) is 5.91 Å². The molecule has 4 nitrogen and oxygen atoms in total. The lowest BCUT2D eigenvalue weighted by molar-refractivity contribution is 0.102. The van der Waals surface area contributed by atoms with Crippen LogP contribution in [0.4, 0.5) is 5.69 Å². The lowest BCUT2D eigenvalue weighted by Crippen LogP contribution is -2.14. The van der Waals surface area contributed by atoms with Gasteiger partial charge < -0.3 is 5.32 Å². The SMILES string of the molecule is Cc1ccc(NC(=O)c2cc(S(C)(=O)=O)ccc2C)cc1Cl. The highest BCUT2D eigenvalue weighted by Crippen LogP contribution is 2.22. The summed E-state index contributed by atoms with van der Waals surface area (Å²) in [5, 5.41) is 3.28. The van der Waals surface area contributed by atoms with Crippen LogP contribution in [0.2, 0.25) is 5.02 Å². The van der Waals surface area contributed by atoms with Gasteiger partial charge in [-0.2, -0.15) is 0 Å². The quantitative estimate of drug-likeness (QED) is 0.930. The van der Waals surface area contributed by atoms with Crippen LogP contribution >= 0.6 is 11.6 Å². The van der Waals surface area contributed by atoms with E-state index in [2.05, 4.69) is 5.32 Å². The van der Waals surface area contributed by atoms with Gasteiger partial charge in [0.05, 0.1) is 4.90 Å². The molecule has 1 N–H and O–H groups in total. The Hall–Kier alpha value is -1.85. The minimum Gasteiger partial charge on any atom is -0.322 e. The molecule has 0 aliphatic heterocycles. The number of carbonyl (C=O) groups excluding carboxylic acids is 1. The van der Waals surface area contributed by atoms with E-state index in [0.717, 1.165) is 11.8 Å². The lowest BCUT2D eigenvalue weighted by atomic mass is 10.1. The van der Waals surface area contributed by atoms with Gasteiger partial charge in [0.2, 0.25) is 0 Å². The monoisotopic (exact) mass is 337 g/mol. The van der Waals surface area contributed by atoms with Crippen LogP contribution in [0.5, 0.6) is 0 Å². The number of nitrogens with one attached hydrogen (secondary N) is 1. The maximum atomic E-state index is 12.4. The molecule has 0 atom stereocenters. The van der Waals surface area contributed by atoms with E-state index in [4.69, 9.17) is 11.6 Å². The van der Waals surface area contributed by atoms with Gasteiger partial charge in [-0.15, -0.1) is 0 Å². The van der Waals surface area contributed by atoms with Gasteiger partial charge in [-0.1, -0.05) is 23.7 Å². The number of anilines is 1. The highest BCUT2D eigenvalue weighted by molar-refractivity contribution is 7.90. The van der Waals surface area contributed by atoms with Gasteiger partial charge in [-0.05, 0) is 49.2 Å². The van der Waals surface area contributed by atoms with Crippen LogP contribution in [0.15, 0.2) is 41.3 Å². The van der Waals surface area contributed by atoms with Crippen molar-refractivity contribution in [3.05, 3.63) is 58.1 Å². The Morgan fingerprint density at radius 3 is 2.27 bits per heavy atom. The molecule has 2 aromatic carbocycles. The van der Waals surface area contributed by atoms with Crippen molar-refractivity contribution in [3.63, 3.8) is 0 Å². The van der Waals surface area contributed by atoms with E-state index in [1.165, 1.54) is 12.1 Å². The van der Waals surface area contributed by atoms with Crippen molar-refractivity contribution in [2.24, 2.45) is 0 Å². The van der Waals surface area contributed by atoms with E-state index < -0.39 is 9.84 Å². The fourth-order valence-corrected chi connectivity index (χ4v) is 2.77. The molecule has 1 amide bonds. The van der Waals surface area contributed by atoms with Gasteiger partial charge in [-0.3, -0.25) is 4.79 Å². The summed E-state index contributed by atoms with van der Waals surface area (Å²) in [5.74, 6) is -0.372. The Morgan fingerprint density at radius 1 is 1.05 bits per heavy atom. The van der Waals surface area contributed by atoms with Crippen LogP contribution < -0.4 is 5.32 Å². The van der Waals surface area contributed by atoms with Gasteiger partial charge in [0.1, 0.15) is 0 Å². The number of sulfone groups is 1. The number of rotatable bonds is 3. The Kier molecular flexibility index (Phi) is 4.58. The predicted molar refractivity (Wildman–Crippen MR) is 88.4 cm³/mol. The molecule has 116 valence electrons. The second-order valence-electron chi connectivity index (χ2n) is 5.17. The van der Waals surface area contributed by atoms with Crippen LogP contribution in [0.25, 0.3) is 0 Å². The van der Waals surface area contributed by atoms with E-state index in [1.54, 1.807) is 31.2 Å². The summed E-state index contributed by atoms with van der Waals surface area (Å²) < 4.78 is 23.2. The van der Waals surface area contributed by atoms with Crippen LogP contribution in [0.1, 0.15) is 21.5 Å². The summed E-state index contributed by atoms with van der Waals surface area (Å²) in [5.41, 5.74) is 2.49. The standard InChI is InChI=1S/C16H16ClNO3S/c1-10-5-7-13(22(3,20)21)9-14(10)16(19)18-12-6-4-11(2)15(17)8-12/h4-9H,1-3H3,(H,18,19). The first-order chi connectivity index (χ1) is 10.2. The topological polar surface area (TPSA) is 63.2 Å². The molecule has 0 spiro atoms. The van der Waals surface area contributed by atoms with Crippen molar-refractivity contribution in [1.29, 1.82) is 0 Å². The summed E-state index contributed by atoms with van der Waals surface area (Å²) in [6, 6.07) is 9.70. The number of aryl methyl sites for hydroxylation is 2. The number of hydrogen-bond donors (Lipinski definition) is 1. The molecule has 22 heavy (non-hydrogen) atoms. The molecule has 0 saturated carbocycles. The van der Waals surface area contributed by atoms with Crippen LogP contribution in [0, 0.1) is 13.8 Å². The first-order valence-corrected chi connectivity index (χ1v) is 8.83. The largest absolute Gasteiger partial charge is 0.322 e. The summed E-state index contributed by atoms with van der Waals surface area (Å²) in [6.07, 6.45) is 1.11. The smallest absolute Gasteiger partial charge is 0.255 e. The minimum absolute atomic E-state index is 0.116. The highest BCUT2D eigenvalue weighted by Gasteiger charge is 2.14. The molecule has 0 bridgehead atoms. The Bertz CT molecular complexity index is 844. The summed E-state index contributed by atoms with van der Waals surface area (Å²) in [7, 11) is -3.36. The van der Waals surface area contributed by atoms with Crippen molar-refractivity contribution < 1.29 is 13.2 Å². The molecule has 6 heteroatoms. The molecule has 0 fully saturated rings. The van der Waals surface area contributed by atoms with E-state index >= 15 is 0 Å². The van der Waals surface area contributed by atoms with Crippen LogP contribution in [0.3, 0.4) is 0 Å². The molecule has 0 radical (unpaired) electrons. The Labute approximate surface area is 135 Å². The highest BCUT2D eigenvalue weighted by atomic mass is 35.5. The summed E-state index contributed by atoms with van der Waals surface area (Å²) in [6.45, 7) is 3.62. The fraction of sp³-hybridized carbons (Fsp3) is 0.188. The first-order valence-electron chi connectivity index (χ1n) is 6.56. The average molecular weight is 338 g/mol. The third-order valence-electron chi connectivity index (χ3n) is 3.31. The normalized spacial score (nSPS) is 11.3. The maximum absolute atomic E-state index is 12.4. The van der Waals surface area contributed by atoms with Crippen molar-refractivity contribution in [2.75, 3.05) is 11.6 Å². The third-order valence-corrected chi connectivity index (χ3v) is 4.83. The Morgan fingerprint density at radius 2 is 1.68 bits per heavy atom. The second kappa shape index (κ2) is 6.10. The minimum atomic E-state index is -3.36. The van der Waals surface area contributed by atoms with Gasteiger partial charge in [-0.25, -0.2) is 8.42 Å². The molecule has 0 heterocycles. The third kappa shape index (κ3) is 3.67. The van der Waals surface area contributed by atoms with Crippen molar-refractivity contribution in [1.82, 2.24) is 0 Å². The number of carbonyl (C=O) groups is 1. The van der Waals surface area contributed by atoms with Gasteiger partial charge in [0.15, 0.2) is 9.84 Å². The van der Waals surface area contributed by atoms with E-state index in [-0.39, 0.29) is 10.8 Å². The Balaban J connectivity index is 2.35. The first kappa shape index (κ1) is 16.5. The molecule has 2 aromatic rings. The van der Waals surface area contributed by atoms with E-state index in [0.29, 0.717) is 21.8 Å². The lowest BCUT2D eigenvalue weighted by Gasteiger charge is -2.10. The molecule has 0 unspecified atom stereocenters. The fourth-order valence-electron chi connectivity index (χ4n) is 1.95. The van der Waals surface area contributed by atoms with Crippen molar-refractivity contribution in [2.45, 2.75) is 18.7 Å².